The molecule has 2 aromatic carbocycles. The van der Waals surface area contributed by atoms with Gasteiger partial charge in [0.25, 0.3) is 0 Å². The maximum atomic E-state index is 13.4. The number of hydrogen-bond acceptors (Lipinski definition) is 3. The Kier molecular flexibility index (Phi) is 9.96. The first kappa shape index (κ1) is 25.9. The summed E-state index contributed by atoms with van der Waals surface area (Å²) in [6.07, 6.45) is 4.90. The van der Waals surface area contributed by atoms with Crippen LogP contribution < -0.4 is 5.32 Å². The first-order chi connectivity index (χ1) is 15.9. The Labute approximate surface area is 211 Å². The van der Waals surface area contributed by atoms with Crippen LogP contribution >= 0.6 is 35.0 Å². The van der Waals surface area contributed by atoms with Gasteiger partial charge in [-0.2, -0.15) is 0 Å². The predicted molar refractivity (Wildman–Crippen MR) is 139 cm³/mol. The van der Waals surface area contributed by atoms with Crippen LogP contribution in [0.2, 0.25) is 10.0 Å². The van der Waals surface area contributed by atoms with Gasteiger partial charge in [0.2, 0.25) is 11.8 Å². The van der Waals surface area contributed by atoms with Gasteiger partial charge in [0.15, 0.2) is 0 Å². The molecule has 1 aliphatic rings. The van der Waals surface area contributed by atoms with Crippen molar-refractivity contribution in [3.8, 4) is 0 Å². The van der Waals surface area contributed by atoms with E-state index in [-0.39, 0.29) is 23.6 Å². The molecule has 0 bridgehead atoms. The largest absolute Gasteiger partial charge is 0.352 e. The van der Waals surface area contributed by atoms with E-state index in [0.717, 1.165) is 42.4 Å². The van der Waals surface area contributed by atoms with Crippen molar-refractivity contribution < 1.29 is 9.59 Å². The first-order valence-electron chi connectivity index (χ1n) is 11.5. The van der Waals surface area contributed by atoms with Gasteiger partial charge in [0, 0.05) is 28.4 Å². The van der Waals surface area contributed by atoms with Gasteiger partial charge in [0.05, 0.1) is 5.75 Å². The van der Waals surface area contributed by atoms with Crippen LogP contribution in [0, 0.1) is 6.92 Å². The summed E-state index contributed by atoms with van der Waals surface area (Å²) in [6.45, 7) is 4.40. The highest BCUT2D eigenvalue weighted by atomic mass is 35.5. The molecule has 0 heterocycles. The van der Waals surface area contributed by atoms with Gasteiger partial charge in [-0.25, -0.2) is 0 Å². The summed E-state index contributed by atoms with van der Waals surface area (Å²) in [6, 6.07) is 13.2. The molecule has 33 heavy (non-hydrogen) atoms. The van der Waals surface area contributed by atoms with Crippen LogP contribution in [0.25, 0.3) is 0 Å². The summed E-state index contributed by atoms with van der Waals surface area (Å²) < 4.78 is 0. The summed E-state index contributed by atoms with van der Waals surface area (Å²) in [7, 11) is 0. The highest BCUT2D eigenvalue weighted by molar-refractivity contribution is 7.99. The topological polar surface area (TPSA) is 49.4 Å². The zero-order valence-corrected chi connectivity index (χ0v) is 21.6. The maximum Gasteiger partial charge on any atom is 0.243 e. The van der Waals surface area contributed by atoms with Gasteiger partial charge in [-0.1, -0.05) is 78.9 Å². The molecule has 178 valence electrons. The summed E-state index contributed by atoms with van der Waals surface area (Å²) in [5.74, 6) is 0.676. The Morgan fingerprint density at radius 3 is 2.33 bits per heavy atom. The van der Waals surface area contributed by atoms with Gasteiger partial charge in [-0.05, 0) is 49.4 Å². The number of benzene rings is 2. The smallest absolute Gasteiger partial charge is 0.243 e. The Balaban J connectivity index is 1.72. The predicted octanol–water partition coefficient (Wildman–Crippen LogP) is 6.40. The number of rotatable bonds is 10. The summed E-state index contributed by atoms with van der Waals surface area (Å²) in [5.41, 5.74) is 3.00. The minimum absolute atomic E-state index is 0.0518. The van der Waals surface area contributed by atoms with Crippen LogP contribution in [-0.2, 0) is 21.9 Å². The number of thioether (sulfide) groups is 1. The molecule has 4 nitrogen and oxygen atoms in total. The van der Waals surface area contributed by atoms with E-state index < -0.39 is 6.04 Å². The van der Waals surface area contributed by atoms with E-state index in [2.05, 4.69) is 5.32 Å². The van der Waals surface area contributed by atoms with Crippen molar-refractivity contribution >= 4 is 46.8 Å². The second-order valence-corrected chi connectivity index (χ2v) is 10.4. The van der Waals surface area contributed by atoms with Crippen LogP contribution in [0.15, 0.2) is 42.5 Å². The first-order valence-corrected chi connectivity index (χ1v) is 13.5. The van der Waals surface area contributed by atoms with Crippen molar-refractivity contribution in [1.29, 1.82) is 0 Å². The number of aryl methyl sites for hydroxylation is 1. The van der Waals surface area contributed by atoms with E-state index in [1.54, 1.807) is 17.0 Å². The zero-order chi connectivity index (χ0) is 23.8. The number of carbonyl (C=O) groups is 2. The number of carbonyl (C=O) groups excluding carboxylic acids is 2. The van der Waals surface area contributed by atoms with E-state index in [1.807, 2.05) is 44.2 Å². The minimum atomic E-state index is -0.496. The van der Waals surface area contributed by atoms with Crippen molar-refractivity contribution in [2.75, 3.05) is 5.75 Å². The molecule has 0 spiro atoms. The molecule has 1 aliphatic carbocycles. The highest BCUT2D eigenvalue weighted by Gasteiger charge is 2.30. The fourth-order valence-electron chi connectivity index (χ4n) is 4.17. The quantitative estimate of drug-likeness (QED) is 0.405. The molecular formula is C26H32Cl2N2O2S. The maximum absolute atomic E-state index is 13.4. The molecule has 1 fully saturated rings. The molecule has 1 atom stereocenters. The van der Waals surface area contributed by atoms with Crippen LogP contribution in [0.4, 0.5) is 0 Å². The minimum Gasteiger partial charge on any atom is -0.352 e. The molecule has 2 aromatic rings. The lowest BCUT2D eigenvalue weighted by Gasteiger charge is -2.31. The van der Waals surface area contributed by atoms with Gasteiger partial charge in [-0.3, -0.25) is 9.59 Å². The lowest BCUT2D eigenvalue weighted by Crippen LogP contribution is -2.51. The van der Waals surface area contributed by atoms with E-state index in [4.69, 9.17) is 23.2 Å². The molecule has 0 aliphatic heterocycles. The number of hydrogen-bond donors (Lipinski definition) is 1. The molecule has 7 heteroatoms. The number of amides is 2. The second kappa shape index (κ2) is 12.7. The lowest BCUT2D eigenvalue weighted by atomic mass is 10.1. The third-order valence-electron chi connectivity index (χ3n) is 6.09. The molecule has 1 saturated carbocycles. The van der Waals surface area contributed by atoms with Gasteiger partial charge < -0.3 is 10.2 Å². The summed E-state index contributed by atoms with van der Waals surface area (Å²) in [5, 5.41) is 4.38. The van der Waals surface area contributed by atoms with Crippen molar-refractivity contribution in [3.05, 3.63) is 69.2 Å². The summed E-state index contributed by atoms with van der Waals surface area (Å²) >= 11 is 14.0. The Morgan fingerprint density at radius 1 is 1.09 bits per heavy atom. The van der Waals surface area contributed by atoms with E-state index in [1.165, 1.54) is 11.8 Å². The standard InChI is InChI=1S/C26H32Cl2N2O2S/c1-3-24(26(32)29-20-7-4-5-8-20)30(15-19-13-11-18(2)12-14-19)25(31)17-33-16-21-22(27)9-6-10-23(21)28/h6,9-14,20,24H,3-5,7-8,15-17H2,1-2H3,(H,29,32). The van der Waals surface area contributed by atoms with Crippen LogP contribution in [0.1, 0.15) is 55.7 Å². The van der Waals surface area contributed by atoms with E-state index in [0.29, 0.717) is 28.8 Å². The third-order valence-corrected chi connectivity index (χ3v) is 7.75. The Hall–Kier alpha value is -1.69. The van der Waals surface area contributed by atoms with Crippen molar-refractivity contribution in [2.45, 2.75) is 70.3 Å². The normalized spacial score (nSPS) is 14.8. The number of nitrogens with zero attached hydrogens (tertiary/aromatic N) is 1. The number of halogens is 2. The third kappa shape index (κ3) is 7.40. The van der Waals surface area contributed by atoms with Crippen LogP contribution in [0.3, 0.4) is 0 Å². The van der Waals surface area contributed by atoms with Crippen molar-refractivity contribution in [3.63, 3.8) is 0 Å². The van der Waals surface area contributed by atoms with Crippen LogP contribution in [0.5, 0.6) is 0 Å². The molecule has 0 aromatic heterocycles. The average Bonchev–Trinajstić information content (AvgIpc) is 3.30. The van der Waals surface area contributed by atoms with E-state index in [9.17, 15) is 9.59 Å². The van der Waals surface area contributed by atoms with E-state index >= 15 is 0 Å². The molecular weight excluding hydrogens is 475 g/mol. The summed E-state index contributed by atoms with van der Waals surface area (Å²) in [4.78, 5) is 28.3. The van der Waals surface area contributed by atoms with Gasteiger partial charge in [-0.15, -0.1) is 11.8 Å². The number of nitrogens with one attached hydrogen (secondary N) is 1. The van der Waals surface area contributed by atoms with Crippen LogP contribution in [-0.4, -0.2) is 34.6 Å². The van der Waals surface area contributed by atoms with Crippen molar-refractivity contribution in [1.82, 2.24) is 10.2 Å². The Bertz CT molecular complexity index is 926. The molecule has 0 saturated heterocycles. The molecule has 1 unspecified atom stereocenters. The average molecular weight is 508 g/mol. The molecule has 1 N–H and O–H groups in total. The molecule has 0 radical (unpaired) electrons. The van der Waals surface area contributed by atoms with Gasteiger partial charge >= 0.3 is 0 Å². The monoisotopic (exact) mass is 506 g/mol. The SMILES string of the molecule is CCC(C(=O)NC1CCCC1)N(Cc1ccc(C)cc1)C(=O)CSCc1c(Cl)cccc1Cl. The molecule has 2 amide bonds. The van der Waals surface area contributed by atoms with Gasteiger partial charge in [0.1, 0.15) is 6.04 Å². The molecule has 3 rings (SSSR count). The second-order valence-electron chi connectivity index (χ2n) is 8.61. The highest BCUT2D eigenvalue weighted by Crippen LogP contribution is 2.28. The fraction of sp³-hybridized carbons (Fsp3) is 0.462. The Morgan fingerprint density at radius 2 is 1.73 bits per heavy atom. The lowest BCUT2D eigenvalue weighted by molar-refractivity contribution is -0.139. The zero-order valence-electron chi connectivity index (χ0n) is 19.3. The fourth-order valence-corrected chi connectivity index (χ4v) is 5.82. The van der Waals surface area contributed by atoms with Crippen molar-refractivity contribution in [2.24, 2.45) is 0 Å².